The molecule has 0 aromatic heterocycles. The van der Waals surface area contributed by atoms with Gasteiger partial charge in [-0.3, -0.25) is 14.9 Å². The van der Waals surface area contributed by atoms with Crippen molar-refractivity contribution in [3.8, 4) is 0 Å². The summed E-state index contributed by atoms with van der Waals surface area (Å²) in [6, 6.07) is 1.04. The van der Waals surface area contributed by atoms with E-state index in [0.717, 1.165) is 0 Å². The highest BCUT2D eigenvalue weighted by molar-refractivity contribution is 8.13. The second-order valence-electron chi connectivity index (χ2n) is 4.29. The molecule has 1 aromatic rings. The molecule has 10 heteroatoms. The van der Waals surface area contributed by atoms with Gasteiger partial charge in [-0.1, -0.05) is 13.8 Å². The normalized spacial score (nSPS) is 12.8. The Balaban J connectivity index is 3.37. The number of rotatable bonds is 5. The molecule has 0 aliphatic carbocycles. The Hall–Kier alpha value is -1.74. The predicted octanol–water partition coefficient (Wildman–Crippen LogP) is 2.65. The number of hydrogen-bond acceptors (Lipinski definition) is 5. The zero-order valence-electron chi connectivity index (χ0n) is 11.1. The van der Waals surface area contributed by atoms with Crippen molar-refractivity contribution in [1.82, 2.24) is 0 Å². The molecule has 7 nitrogen and oxygen atoms in total. The van der Waals surface area contributed by atoms with E-state index in [4.69, 9.17) is 10.7 Å². The Kier molecular flexibility index (Phi) is 5.24. The van der Waals surface area contributed by atoms with E-state index < -0.39 is 47.9 Å². The third-order valence-electron chi connectivity index (χ3n) is 2.83. The van der Waals surface area contributed by atoms with Crippen LogP contribution >= 0.6 is 10.7 Å². The lowest BCUT2D eigenvalue weighted by Gasteiger charge is -2.11. The first-order chi connectivity index (χ1) is 9.57. The first kappa shape index (κ1) is 17.3. The average molecular weight is 339 g/mol. The quantitative estimate of drug-likeness (QED) is 0.504. The first-order valence-corrected chi connectivity index (χ1v) is 8.12. The fraction of sp³-hybridized carbons (Fsp3) is 0.364. The van der Waals surface area contributed by atoms with Gasteiger partial charge in [0.25, 0.3) is 14.7 Å². The maximum Gasteiger partial charge on any atom is 0.294 e. The second-order valence-corrected chi connectivity index (χ2v) is 6.83. The molecule has 1 amide bonds. The maximum atomic E-state index is 13.7. The van der Waals surface area contributed by atoms with Crippen molar-refractivity contribution in [3.05, 3.63) is 28.1 Å². The van der Waals surface area contributed by atoms with E-state index in [1.165, 1.54) is 0 Å². The number of anilines is 1. The van der Waals surface area contributed by atoms with E-state index in [0.29, 0.717) is 18.6 Å². The average Bonchev–Trinajstić information content (AvgIpc) is 2.35. The van der Waals surface area contributed by atoms with E-state index in [9.17, 15) is 27.7 Å². The molecule has 1 unspecified atom stereocenters. The van der Waals surface area contributed by atoms with E-state index in [1.54, 1.807) is 13.8 Å². The summed E-state index contributed by atoms with van der Waals surface area (Å²) in [6.45, 7) is 3.33. The summed E-state index contributed by atoms with van der Waals surface area (Å²) in [5.74, 6) is -2.26. The summed E-state index contributed by atoms with van der Waals surface area (Å²) >= 11 is 0. The Labute approximate surface area is 124 Å². The predicted molar refractivity (Wildman–Crippen MR) is 74.2 cm³/mol. The molecule has 0 fully saturated rings. The van der Waals surface area contributed by atoms with Gasteiger partial charge >= 0.3 is 0 Å². The number of nitrogens with zero attached hydrogens (tertiary/aromatic N) is 1. The van der Waals surface area contributed by atoms with E-state index >= 15 is 0 Å². The number of nitro benzene ring substituents is 1. The molecule has 0 spiro atoms. The van der Waals surface area contributed by atoms with Crippen molar-refractivity contribution < 1.29 is 22.5 Å². The zero-order chi connectivity index (χ0) is 16.4. The minimum Gasteiger partial charge on any atom is -0.320 e. The van der Waals surface area contributed by atoms with Crippen molar-refractivity contribution in [1.29, 1.82) is 0 Å². The number of amides is 1. The molecular formula is C11H12ClFN2O5S. The molecule has 116 valence electrons. The van der Waals surface area contributed by atoms with Gasteiger partial charge in [-0.05, 0) is 6.42 Å². The number of nitrogens with one attached hydrogen (secondary N) is 1. The molecule has 0 radical (unpaired) electrons. The van der Waals surface area contributed by atoms with Gasteiger partial charge in [0.15, 0.2) is 0 Å². The van der Waals surface area contributed by atoms with Gasteiger partial charge in [0, 0.05) is 28.7 Å². The van der Waals surface area contributed by atoms with Crippen LogP contribution in [-0.2, 0) is 13.8 Å². The van der Waals surface area contributed by atoms with Crippen LogP contribution < -0.4 is 5.32 Å². The van der Waals surface area contributed by atoms with Gasteiger partial charge in [0.2, 0.25) is 5.91 Å². The summed E-state index contributed by atoms with van der Waals surface area (Å²) in [6.07, 6.45) is 0.482. The smallest absolute Gasteiger partial charge is 0.294 e. The highest BCUT2D eigenvalue weighted by atomic mass is 35.7. The number of benzene rings is 1. The van der Waals surface area contributed by atoms with Crippen molar-refractivity contribution in [2.75, 3.05) is 5.32 Å². The molecule has 1 aromatic carbocycles. The topological polar surface area (TPSA) is 106 Å². The van der Waals surface area contributed by atoms with Gasteiger partial charge < -0.3 is 5.32 Å². The highest BCUT2D eigenvalue weighted by Crippen LogP contribution is 2.32. The molecule has 0 aliphatic heterocycles. The number of halogens is 2. The lowest BCUT2D eigenvalue weighted by Crippen LogP contribution is -2.20. The molecule has 0 heterocycles. The number of hydrogen-bond donors (Lipinski definition) is 1. The van der Waals surface area contributed by atoms with Gasteiger partial charge in [-0.15, -0.1) is 0 Å². The lowest BCUT2D eigenvalue weighted by atomic mass is 10.1. The van der Waals surface area contributed by atoms with Crippen molar-refractivity contribution in [2.24, 2.45) is 5.92 Å². The van der Waals surface area contributed by atoms with Crippen molar-refractivity contribution in [3.63, 3.8) is 0 Å². The van der Waals surface area contributed by atoms with Crippen LogP contribution in [0.25, 0.3) is 0 Å². The summed E-state index contributed by atoms with van der Waals surface area (Å²) < 4.78 is 35.9. The molecular weight excluding hydrogens is 327 g/mol. The molecule has 1 N–H and O–H groups in total. The van der Waals surface area contributed by atoms with Crippen LogP contribution in [-0.4, -0.2) is 19.2 Å². The molecule has 21 heavy (non-hydrogen) atoms. The molecule has 0 saturated carbocycles. The summed E-state index contributed by atoms with van der Waals surface area (Å²) in [4.78, 5) is 20.7. The maximum absolute atomic E-state index is 13.7. The Morgan fingerprint density at radius 2 is 2.10 bits per heavy atom. The highest BCUT2D eigenvalue weighted by Gasteiger charge is 2.26. The molecule has 1 rings (SSSR count). The van der Waals surface area contributed by atoms with Crippen LogP contribution in [0.4, 0.5) is 15.8 Å². The Bertz CT molecular complexity index is 692. The van der Waals surface area contributed by atoms with E-state index in [1.807, 2.05) is 0 Å². The van der Waals surface area contributed by atoms with Crippen LogP contribution in [0.15, 0.2) is 17.0 Å². The van der Waals surface area contributed by atoms with Gasteiger partial charge in [0.1, 0.15) is 16.4 Å². The molecule has 1 atom stereocenters. The molecule has 0 bridgehead atoms. The Morgan fingerprint density at radius 3 is 2.52 bits per heavy atom. The van der Waals surface area contributed by atoms with Gasteiger partial charge in [-0.2, -0.15) is 0 Å². The number of carbonyl (C=O) groups is 1. The standard InChI is InChI=1S/C11H12ClFN2O5S/c1-3-6(2)11(16)14-8-4-7(13)10(21(12,19)20)5-9(8)15(17)18/h4-6H,3H2,1-2H3,(H,14,16). The molecule has 0 saturated heterocycles. The van der Waals surface area contributed by atoms with Crippen LogP contribution in [0.3, 0.4) is 0 Å². The minimum atomic E-state index is -4.48. The SMILES string of the molecule is CCC(C)C(=O)Nc1cc(F)c(S(=O)(=O)Cl)cc1[N+](=O)[O-]. The first-order valence-electron chi connectivity index (χ1n) is 5.81. The number of nitro groups is 1. The van der Waals surface area contributed by atoms with Crippen molar-refractivity contribution in [2.45, 2.75) is 25.2 Å². The largest absolute Gasteiger partial charge is 0.320 e. The second kappa shape index (κ2) is 6.35. The van der Waals surface area contributed by atoms with Gasteiger partial charge in [-0.25, -0.2) is 12.8 Å². The number of carbonyl (C=O) groups excluding carboxylic acids is 1. The summed E-state index contributed by atoms with van der Waals surface area (Å²) in [7, 11) is 0.518. The lowest BCUT2D eigenvalue weighted by molar-refractivity contribution is -0.384. The summed E-state index contributed by atoms with van der Waals surface area (Å²) in [5, 5.41) is 13.1. The van der Waals surface area contributed by atoms with Crippen LogP contribution in [0, 0.1) is 21.8 Å². The summed E-state index contributed by atoms with van der Waals surface area (Å²) in [5.41, 5.74) is -1.18. The zero-order valence-corrected chi connectivity index (χ0v) is 12.7. The Morgan fingerprint density at radius 1 is 1.52 bits per heavy atom. The monoisotopic (exact) mass is 338 g/mol. The molecule has 0 aliphatic rings. The minimum absolute atomic E-state index is 0.424. The third kappa shape index (κ3) is 4.11. The van der Waals surface area contributed by atoms with Crippen LogP contribution in [0.5, 0.6) is 0 Å². The van der Waals surface area contributed by atoms with Gasteiger partial charge in [0.05, 0.1) is 4.92 Å². The fourth-order valence-electron chi connectivity index (χ4n) is 1.42. The van der Waals surface area contributed by atoms with Crippen LogP contribution in [0.1, 0.15) is 20.3 Å². The third-order valence-corrected chi connectivity index (χ3v) is 4.16. The van der Waals surface area contributed by atoms with E-state index in [-0.39, 0.29) is 0 Å². The van der Waals surface area contributed by atoms with Crippen molar-refractivity contribution >= 4 is 37.0 Å². The van der Waals surface area contributed by atoms with E-state index in [2.05, 4.69) is 5.32 Å². The fourth-order valence-corrected chi connectivity index (χ4v) is 2.32. The van der Waals surface area contributed by atoms with Crippen LogP contribution in [0.2, 0.25) is 0 Å².